The van der Waals surface area contributed by atoms with E-state index in [4.69, 9.17) is 11.5 Å². The Morgan fingerprint density at radius 2 is 1.79 bits per heavy atom. The monoisotopic (exact) mass is 201 g/mol. The molecule has 82 valence electrons. The summed E-state index contributed by atoms with van der Waals surface area (Å²) in [6.45, 7) is 5.46. The first-order valence-corrected chi connectivity index (χ1v) is 4.69. The molecule has 0 bridgehead atoms. The lowest BCUT2D eigenvalue weighted by atomic mass is 10.0. The number of amides is 2. The topological polar surface area (TPSA) is 98.2 Å². The quantitative estimate of drug-likeness (QED) is 0.551. The van der Waals surface area contributed by atoms with E-state index in [0.29, 0.717) is 12.3 Å². The molecule has 0 fully saturated rings. The van der Waals surface area contributed by atoms with Crippen molar-refractivity contribution in [2.24, 2.45) is 17.4 Å². The molecule has 0 aliphatic rings. The Morgan fingerprint density at radius 3 is 2.07 bits per heavy atom. The molecule has 5 nitrogen and oxygen atoms in total. The van der Waals surface area contributed by atoms with Crippen molar-refractivity contribution in [1.29, 1.82) is 0 Å². The molecule has 0 unspecified atom stereocenters. The highest BCUT2D eigenvalue weighted by atomic mass is 16.2. The average molecular weight is 201 g/mol. The third kappa shape index (κ3) is 4.81. The predicted octanol–water partition coefficient (Wildman–Crippen LogP) is -0.650. The van der Waals surface area contributed by atoms with Gasteiger partial charge in [0.15, 0.2) is 0 Å². The van der Waals surface area contributed by atoms with E-state index in [1.807, 2.05) is 13.8 Å². The van der Waals surface area contributed by atoms with Crippen LogP contribution in [-0.2, 0) is 9.59 Å². The number of nitrogens with two attached hydrogens (primary N) is 2. The van der Waals surface area contributed by atoms with E-state index in [2.05, 4.69) is 5.32 Å². The summed E-state index contributed by atoms with van der Waals surface area (Å²) in [6.07, 6.45) is 0.536. The van der Waals surface area contributed by atoms with E-state index in [9.17, 15) is 9.59 Å². The SMILES string of the molecule is CC(C)C[C@@H](NC(=O)[C@H](C)N)C(N)=O. The molecule has 0 aromatic carbocycles. The third-order valence-electron chi connectivity index (χ3n) is 1.78. The fourth-order valence-corrected chi connectivity index (χ4v) is 1.02. The van der Waals surface area contributed by atoms with E-state index in [-0.39, 0.29) is 5.91 Å². The van der Waals surface area contributed by atoms with Crippen LogP contribution in [0.4, 0.5) is 0 Å². The minimum Gasteiger partial charge on any atom is -0.368 e. The lowest BCUT2D eigenvalue weighted by molar-refractivity contribution is -0.128. The van der Waals surface area contributed by atoms with E-state index >= 15 is 0 Å². The Morgan fingerprint density at radius 1 is 1.29 bits per heavy atom. The molecule has 0 aliphatic heterocycles. The van der Waals surface area contributed by atoms with E-state index < -0.39 is 18.0 Å². The van der Waals surface area contributed by atoms with Gasteiger partial charge in [0.2, 0.25) is 11.8 Å². The highest BCUT2D eigenvalue weighted by Gasteiger charge is 2.20. The standard InChI is InChI=1S/C9H19N3O2/c1-5(2)4-7(8(11)13)12-9(14)6(3)10/h5-7H,4,10H2,1-3H3,(H2,11,13)(H,12,14)/t6-,7+/m0/s1. The van der Waals surface area contributed by atoms with E-state index in [1.54, 1.807) is 6.92 Å². The third-order valence-corrected chi connectivity index (χ3v) is 1.78. The summed E-state index contributed by atoms with van der Waals surface area (Å²) in [4.78, 5) is 22.2. The van der Waals surface area contributed by atoms with Crippen LogP contribution in [0.3, 0.4) is 0 Å². The van der Waals surface area contributed by atoms with Gasteiger partial charge in [-0.25, -0.2) is 0 Å². The predicted molar refractivity (Wildman–Crippen MR) is 54.2 cm³/mol. The highest BCUT2D eigenvalue weighted by Crippen LogP contribution is 2.04. The Hall–Kier alpha value is -1.10. The number of hydrogen-bond acceptors (Lipinski definition) is 3. The van der Waals surface area contributed by atoms with Crippen molar-refractivity contribution in [2.75, 3.05) is 0 Å². The van der Waals surface area contributed by atoms with Gasteiger partial charge in [0.25, 0.3) is 0 Å². The number of primary amides is 1. The van der Waals surface area contributed by atoms with Crippen molar-refractivity contribution in [3.05, 3.63) is 0 Å². The van der Waals surface area contributed by atoms with Gasteiger partial charge in [0.05, 0.1) is 6.04 Å². The second-order valence-corrected chi connectivity index (χ2v) is 3.88. The van der Waals surface area contributed by atoms with Gasteiger partial charge in [-0.1, -0.05) is 13.8 Å². The number of rotatable bonds is 5. The summed E-state index contributed by atoms with van der Waals surface area (Å²) in [7, 11) is 0. The molecule has 0 aliphatic carbocycles. The largest absolute Gasteiger partial charge is 0.368 e. The fourth-order valence-electron chi connectivity index (χ4n) is 1.02. The number of hydrogen-bond donors (Lipinski definition) is 3. The number of carbonyl (C=O) groups is 2. The van der Waals surface area contributed by atoms with Gasteiger partial charge in [-0.3, -0.25) is 9.59 Å². The van der Waals surface area contributed by atoms with Crippen LogP contribution < -0.4 is 16.8 Å². The summed E-state index contributed by atoms with van der Waals surface area (Å²) in [6, 6.07) is -1.24. The van der Waals surface area contributed by atoms with Gasteiger partial charge in [-0.05, 0) is 19.3 Å². The van der Waals surface area contributed by atoms with Gasteiger partial charge in [0.1, 0.15) is 6.04 Å². The van der Waals surface area contributed by atoms with E-state index in [1.165, 1.54) is 0 Å². The van der Waals surface area contributed by atoms with Crippen LogP contribution >= 0.6 is 0 Å². The Kier molecular flexibility index (Phi) is 5.15. The van der Waals surface area contributed by atoms with Crippen molar-refractivity contribution >= 4 is 11.8 Å². The molecule has 0 aromatic heterocycles. The van der Waals surface area contributed by atoms with Gasteiger partial charge in [-0.15, -0.1) is 0 Å². The molecular weight excluding hydrogens is 182 g/mol. The van der Waals surface area contributed by atoms with Crippen molar-refractivity contribution < 1.29 is 9.59 Å². The summed E-state index contributed by atoms with van der Waals surface area (Å²) >= 11 is 0. The summed E-state index contributed by atoms with van der Waals surface area (Å²) in [5, 5.41) is 2.51. The number of nitrogens with one attached hydrogen (secondary N) is 1. The van der Waals surface area contributed by atoms with Crippen LogP contribution in [-0.4, -0.2) is 23.9 Å². The number of carbonyl (C=O) groups excluding carboxylic acids is 2. The molecule has 2 amide bonds. The molecule has 0 saturated carbocycles. The first kappa shape index (κ1) is 12.9. The van der Waals surface area contributed by atoms with Crippen LogP contribution in [0.1, 0.15) is 27.2 Å². The minimum atomic E-state index is -0.621. The lowest BCUT2D eigenvalue weighted by Crippen LogP contribution is -2.49. The molecule has 5 heteroatoms. The summed E-state index contributed by atoms with van der Waals surface area (Å²) in [5.74, 6) is -0.581. The van der Waals surface area contributed by atoms with Crippen molar-refractivity contribution in [2.45, 2.75) is 39.3 Å². The zero-order valence-corrected chi connectivity index (χ0v) is 8.91. The van der Waals surface area contributed by atoms with Crippen LogP contribution in [0.2, 0.25) is 0 Å². The maximum Gasteiger partial charge on any atom is 0.240 e. The Labute approximate surface area is 84.2 Å². The summed E-state index contributed by atoms with van der Waals surface area (Å²) in [5.41, 5.74) is 10.5. The smallest absolute Gasteiger partial charge is 0.240 e. The molecule has 0 radical (unpaired) electrons. The minimum absolute atomic E-state index is 0.292. The second kappa shape index (κ2) is 5.59. The van der Waals surface area contributed by atoms with Gasteiger partial charge in [0, 0.05) is 0 Å². The van der Waals surface area contributed by atoms with Crippen LogP contribution in [0, 0.1) is 5.92 Å². The lowest BCUT2D eigenvalue weighted by Gasteiger charge is -2.18. The summed E-state index contributed by atoms with van der Waals surface area (Å²) < 4.78 is 0. The fraction of sp³-hybridized carbons (Fsp3) is 0.778. The zero-order chi connectivity index (χ0) is 11.3. The zero-order valence-electron chi connectivity index (χ0n) is 8.91. The molecule has 0 spiro atoms. The molecule has 2 atom stereocenters. The molecular formula is C9H19N3O2. The van der Waals surface area contributed by atoms with Gasteiger partial charge in [-0.2, -0.15) is 0 Å². The molecule has 0 aromatic rings. The Bertz CT molecular complexity index is 214. The normalized spacial score (nSPS) is 14.9. The van der Waals surface area contributed by atoms with Crippen LogP contribution in [0.15, 0.2) is 0 Å². The molecule has 0 saturated heterocycles. The van der Waals surface area contributed by atoms with Crippen LogP contribution in [0.5, 0.6) is 0 Å². The first-order valence-electron chi connectivity index (χ1n) is 4.69. The first-order chi connectivity index (χ1) is 6.34. The Balaban J connectivity index is 4.23. The second-order valence-electron chi connectivity index (χ2n) is 3.88. The molecule has 0 rings (SSSR count). The van der Waals surface area contributed by atoms with Crippen molar-refractivity contribution in [3.63, 3.8) is 0 Å². The average Bonchev–Trinajstić information content (AvgIpc) is 2.01. The van der Waals surface area contributed by atoms with Crippen molar-refractivity contribution in [3.8, 4) is 0 Å². The van der Waals surface area contributed by atoms with Gasteiger partial charge < -0.3 is 16.8 Å². The molecule has 5 N–H and O–H groups in total. The molecule has 14 heavy (non-hydrogen) atoms. The molecule has 0 heterocycles. The van der Waals surface area contributed by atoms with Crippen LogP contribution in [0.25, 0.3) is 0 Å². The maximum atomic E-state index is 11.2. The maximum absolute atomic E-state index is 11.2. The van der Waals surface area contributed by atoms with Crippen molar-refractivity contribution in [1.82, 2.24) is 5.32 Å². The van der Waals surface area contributed by atoms with E-state index in [0.717, 1.165) is 0 Å². The highest BCUT2D eigenvalue weighted by molar-refractivity contribution is 5.88. The van der Waals surface area contributed by atoms with Gasteiger partial charge >= 0.3 is 0 Å².